The fraction of sp³-hybridized carbons (Fsp3) is 0. The zero-order chi connectivity index (χ0) is 74.6. The minimum absolute atomic E-state index is 0.572. The van der Waals surface area contributed by atoms with Crippen LogP contribution in [0.3, 0.4) is 0 Å². The molecule has 0 saturated carbocycles. The topological polar surface area (TPSA) is 97.3 Å². The molecule has 0 unspecified atom stereocenters. The van der Waals surface area contributed by atoms with Crippen LogP contribution >= 0.6 is 11.3 Å². The van der Waals surface area contributed by atoms with Crippen molar-refractivity contribution in [3.63, 3.8) is 0 Å². The summed E-state index contributed by atoms with van der Waals surface area (Å²) >= 11 is 1.86. The summed E-state index contributed by atoms with van der Waals surface area (Å²) in [7, 11) is 0. The standard InChI is InChI=1S/C103H61N9OS/c1-6-24-63(25-7-1)83-59-84(105-100(104-83)65-26-8-2-9-27-65)64-48-50-71(51-49-64)110-85-40-19-16-36-74(85)79-57-80-81-58-82-92(61-94(81)114-93(80)60-91(79)110)111(70-33-14-5-15-34-70)88-43-23-39-73(95(82)88)62-44-46-67(47-45-62)102-106-101(66-28-10-3-11-29-66)107-103(108-102)68-30-22-35-72(56-68)112-87-42-21-18-38-78(87)97-90(112)55-53-76-75-52-54-89-96(98(75)113-99(76)97)77-37-17-20-41-86(77)109(89)69-31-12-4-13-32-69/h1-61H. The second kappa shape index (κ2) is 25.2. The number of hydrogen-bond donors (Lipinski definition) is 0. The van der Waals surface area contributed by atoms with Gasteiger partial charge in [-0.3, -0.25) is 0 Å². The maximum Gasteiger partial charge on any atom is 0.164 e. The fourth-order valence-electron chi connectivity index (χ4n) is 17.9. The van der Waals surface area contributed by atoms with Crippen LogP contribution in [0.4, 0.5) is 0 Å². The average Bonchev–Trinajstić information content (AvgIpc) is 1.54. The molecule has 0 aliphatic carbocycles. The predicted octanol–water partition coefficient (Wildman–Crippen LogP) is 27.0. The Morgan fingerprint density at radius 1 is 0.202 bits per heavy atom. The maximum absolute atomic E-state index is 7.31. The first-order valence-corrected chi connectivity index (χ1v) is 39.3. The van der Waals surface area contributed by atoms with Crippen molar-refractivity contribution in [1.29, 1.82) is 0 Å². The van der Waals surface area contributed by atoms with Crippen LogP contribution in [0, 0.1) is 0 Å². The fourth-order valence-corrected chi connectivity index (χ4v) is 19.0. The first-order valence-electron chi connectivity index (χ1n) is 38.4. The molecule has 0 fully saturated rings. The van der Waals surface area contributed by atoms with Crippen molar-refractivity contribution in [2.45, 2.75) is 0 Å². The van der Waals surface area contributed by atoms with Gasteiger partial charge in [0, 0.05) is 119 Å². The zero-order valence-corrected chi connectivity index (χ0v) is 61.9. The van der Waals surface area contributed by atoms with Gasteiger partial charge in [-0.15, -0.1) is 11.3 Å². The van der Waals surface area contributed by atoms with Gasteiger partial charge in [0.2, 0.25) is 0 Å². The molecule has 0 spiro atoms. The molecule has 0 bridgehead atoms. The van der Waals surface area contributed by atoms with Crippen molar-refractivity contribution >= 4 is 141 Å². The maximum atomic E-state index is 7.31. The van der Waals surface area contributed by atoms with Crippen LogP contribution in [-0.4, -0.2) is 43.2 Å². The van der Waals surface area contributed by atoms with E-state index in [2.05, 4.69) is 346 Å². The molecule has 24 aromatic rings. The van der Waals surface area contributed by atoms with Crippen molar-refractivity contribution in [1.82, 2.24) is 43.2 Å². The van der Waals surface area contributed by atoms with E-state index >= 15 is 0 Å². The minimum atomic E-state index is 0.572. The Morgan fingerprint density at radius 2 is 0.579 bits per heavy atom. The Balaban J connectivity index is 0.608. The second-order valence-electron chi connectivity index (χ2n) is 29.4. The van der Waals surface area contributed by atoms with Crippen molar-refractivity contribution < 1.29 is 4.42 Å². The van der Waals surface area contributed by atoms with E-state index in [0.717, 1.165) is 166 Å². The third kappa shape index (κ3) is 9.89. The Labute approximate surface area is 655 Å². The molecule has 0 N–H and O–H groups in total. The third-order valence-electron chi connectivity index (χ3n) is 23.0. The van der Waals surface area contributed by atoms with E-state index in [4.69, 9.17) is 29.3 Å². The Bertz CT molecular complexity index is 8000. The number of aromatic nitrogens is 9. The summed E-state index contributed by atoms with van der Waals surface area (Å²) < 4.78 is 19.3. The second-order valence-corrected chi connectivity index (χ2v) is 30.5. The summed E-state index contributed by atoms with van der Waals surface area (Å²) in [5.74, 6) is 2.44. The van der Waals surface area contributed by atoms with E-state index in [1.54, 1.807) is 0 Å². The zero-order valence-electron chi connectivity index (χ0n) is 61.1. The van der Waals surface area contributed by atoms with Gasteiger partial charge in [0.15, 0.2) is 23.3 Å². The molecule has 8 heterocycles. The van der Waals surface area contributed by atoms with Gasteiger partial charge in [-0.25, -0.2) is 24.9 Å². The van der Waals surface area contributed by atoms with Crippen LogP contribution < -0.4 is 0 Å². The summed E-state index contributed by atoms with van der Waals surface area (Å²) in [5.41, 5.74) is 24.6. The molecule has 16 aromatic carbocycles. The average molecular weight is 1470 g/mol. The number of para-hydroxylation sites is 5. The highest BCUT2D eigenvalue weighted by atomic mass is 32.1. The van der Waals surface area contributed by atoms with E-state index in [1.165, 1.54) is 41.7 Å². The van der Waals surface area contributed by atoms with Gasteiger partial charge in [-0.2, -0.15) is 0 Å². The summed E-state index contributed by atoms with van der Waals surface area (Å²) in [4.78, 5) is 26.2. The number of rotatable bonds is 11. The van der Waals surface area contributed by atoms with Crippen LogP contribution in [0.1, 0.15) is 0 Å². The predicted molar refractivity (Wildman–Crippen MR) is 471 cm³/mol. The number of fused-ring (bicyclic) bond motifs is 20. The van der Waals surface area contributed by atoms with E-state index in [0.29, 0.717) is 23.3 Å². The Morgan fingerprint density at radius 3 is 1.16 bits per heavy atom. The molecular weight excluding hydrogens is 1410 g/mol. The van der Waals surface area contributed by atoms with Gasteiger partial charge in [0.25, 0.3) is 0 Å². The lowest BCUT2D eigenvalue weighted by atomic mass is 9.97. The molecule has 8 aromatic heterocycles. The molecule has 0 aliphatic heterocycles. The lowest BCUT2D eigenvalue weighted by Gasteiger charge is -2.12. The summed E-state index contributed by atoms with van der Waals surface area (Å²) in [6, 6.07) is 132. The van der Waals surface area contributed by atoms with Crippen LogP contribution in [0.25, 0.3) is 231 Å². The largest absolute Gasteiger partial charge is 0.455 e. The molecule has 0 amide bonds. The molecule has 24 rings (SSSR count). The monoisotopic (exact) mass is 1470 g/mol. The Kier molecular flexibility index (Phi) is 14.1. The van der Waals surface area contributed by atoms with Crippen molar-refractivity contribution in [3.05, 3.63) is 370 Å². The van der Waals surface area contributed by atoms with E-state index in [1.807, 2.05) is 53.8 Å². The lowest BCUT2D eigenvalue weighted by Crippen LogP contribution is -2.01. The minimum Gasteiger partial charge on any atom is -0.455 e. The number of benzene rings is 16. The molecule has 0 radical (unpaired) electrons. The highest BCUT2D eigenvalue weighted by molar-refractivity contribution is 7.26. The van der Waals surface area contributed by atoms with Gasteiger partial charge in [-0.05, 0) is 139 Å². The van der Waals surface area contributed by atoms with Crippen molar-refractivity contribution in [2.24, 2.45) is 0 Å². The third-order valence-corrected chi connectivity index (χ3v) is 24.1. The number of thiophene rings is 1. The normalized spacial score (nSPS) is 12.0. The molecule has 530 valence electrons. The molecule has 0 atom stereocenters. The lowest BCUT2D eigenvalue weighted by molar-refractivity contribution is 0.677. The van der Waals surface area contributed by atoms with Gasteiger partial charge in [0.05, 0.1) is 66.3 Å². The molecular formula is C103H61N9OS. The highest BCUT2D eigenvalue weighted by Gasteiger charge is 2.26. The van der Waals surface area contributed by atoms with Crippen LogP contribution in [-0.2, 0) is 0 Å². The van der Waals surface area contributed by atoms with Crippen LogP contribution in [0.5, 0.6) is 0 Å². The number of nitrogens with zero attached hydrogens (tertiary/aromatic N) is 9. The molecule has 0 saturated heterocycles. The van der Waals surface area contributed by atoms with E-state index in [-0.39, 0.29) is 0 Å². The van der Waals surface area contributed by atoms with E-state index < -0.39 is 0 Å². The summed E-state index contributed by atoms with van der Waals surface area (Å²) in [5, 5.41) is 13.8. The van der Waals surface area contributed by atoms with E-state index in [9.17, 15) is 0 Å². The van der Waals surface area contributed by atoms with Crippen molar-refractivity contribution in [3.8, 4) is 102 Å². The highest BCUT2D eigenvalue weighted by Crippen LogP contribution is 2.49. The molecule has 10 nitrogen and oxygen atoms in total. The molecule has 11 heteroatoms. The first-order chi connectivity index (χ1) is 56.5. The van der Waals surface area contributed by atoms with Gasteiger partial charge in [0.1, 0.15) is 11.2 Å². The van der Waals surface area contributed by atoms with Crippen molar-refractivity contribution in [2.75, 3.05) is 0 Å². The molecule has 114 heavy (non-hydrogen) atoms. The SMILES string of the molecule is c1ccc(-c2cc(-c3ccc(-n4c5ccccc5c5cc6c(cc54)sc4cc5c(cc46)c4c(-c6ccc(-c7nc(-c8ccccc8)nc(-c8cccc(-n9c%10ccccc%10c%10c%11oc%12c(ccc%13c%12c%12ccccc%12n%13-c%12ccccc%12)c%11ccc%109)c8)n7)cc6)cccc4n5-c4ccccc4)cc3)nc(-c3ccccc3)n2)cc1. The van der Waals surface area contributed by atoms with Gasteiger partial charge in [-0.1, -0.05) is 243 Å². The number of hydrogen-bond acceptors (Lipinski definition) is 7. The number of furan rings is 1. The smallest absolute Gasteiger partial charge is 0.164 e. The van der Waals surface area contributed by atoms with Crippen LogP contribution in [0.15, 0.2) is 374 Å². The quantitative estimate of drug-likeness (QED) is 0.128. The molecule has 0 aliphatic rings. The van der Waals surface area contributed by atoms with Crippen LogP contribution in [0.2, 0.25) is 0 Å². The first kappa shape index (κ1) is 63.7. The Hall–Kier alpha value is -15.2. The van der Waals surface area contributed by atoms with Gasteiger partial charge < -0.3 is 22.7 Å². The van der Waals surface area contributed by atoms with Gasteiger partial charge >= 0.3 is 0 Å². The summed E-state index contributed by atoms with van der Waals surface area (Å²) in [6.45, 7) is 0. The summed E-state index contributed by atoms with van der Waals surface area (Å²) in [6.07, 6.45) is 0.